The molecule has 0 radical (unpaired) electrons. The summed E-state index contributed by atoms with van der Waals surface area (Å²) < 4.78 is 21.9. The maximum atomic E-state index is 15.6. The summed E-state index contributed by atoms with van der Waals surface area (Å²) in [7, 11) is 0. The second-order valence-electron chi connectivity index (χ2n) is 13.3. The summed E-state index contributed by atoms with van der Waals surface area (Å²) in [5.74, 6) is 0.822. The standard InChI is InChI=1S/C36H44FN5O3/c1-23-18-35(43)42(21-23)22-27-19-31(37)30(36(44)38-28-14-16-41(17-15-28)33-7-5-4-6-24(33)2)20-34(27)45-29-11-9-26(10-12-29)32-13-8-25(3)39-40-32/h8-13,19-20,23-24,28,33H,4-7,14-18,21-22H2,1-3H3,(H,38,44)/t23-,24?,33?/m0/s1. The van der Waals surface area contributed by atoms with Gasteiger partial charge in [0.25, 0.3) is 5.91 Å². The van der Waals surface area contributed by atoms with Crippen LogP contribution in [0.4, 0.5) is 4.39 Å². The monoisotopic (exact) mass is 613 g/mol. The van der Waals surface area contributed by atoms with E-state index in [4.69, 9.17) is 4.74 Å². The Balaban J connectivity index is 1.18. The van der Waals surface area contributed by atoms with E-state index in [0.717, 1.165) is 42.9 Å². The Morgan fingerprint density at radius 1 is 1.00 bits per heavy atom. The van der Waals surface area contributed by atoms with Gasteiger partial charge in [0.2, 0.25) is 5.91 Å². The highest BCUT2D eigenvalue weighted by Gasteiger charge is 2.32. The van der Waals surface area contributed by atoms with Gasteiger partial charge in [0.05, 0.1) is 17.0 Å². The molecule has 8 nitrogen and oxygen atoms in total. The first-order valence-electron chi connectivity index (χ1n) is 16.5. The highest BCUT2D eigenvalue weighted by atomic mass is 19.1. The van der Waals surface area contributed by atoms with E-state index in [0.29, 0.717) is 42.0 Å². The first kappa shape index (κ1) is 31.1. The maximum absolute atomic E-state index is 15.6. The van der Waals surface area contributed by atoms with Crippen LogP contribution in [0.2, 0.25) is 0 Å². The molecule has 45 heavy (non-hydrogen) atoms. The third-order valence-corrected chi connectivity index (χ3v) is 9.74. The second kappa shape index (κ2) is 13.6. The van der Waals surface area contributed by atoms with Gasteiger partial charge in [-0.2, -0.15) is 10.2 Å². The number of aryl methyl sites for hydroxylation is 1. The average Bonchev–Trinajstić information content (AvgIpc) is 3.35. The predicted octanol–water partition coefficient (Wildman–Crippen LogP) is 6.52. The van der Waals surface area contributed by atoms with Gasteiger partial charge in [-0.25, -0.2) is 4.39 Å². The summed E-state index contributed by atoms with van der Waals surface area (Å²) in [6.07, 6.45) is 7.33. The Labute approximate surface area is 265 Å². The normalized spacial score (nSPS) is 22.9. The number of piperidine rings is 1. The van der Waals surface area contributed by atoms with Crippen molar-refractivity contribution in [2.24, 2.45) is 11.8 Å². The number of benzene rings is 2. The Morgan fingerprint density at radius 3 is 2.42 bits per heavy atom. The SMILES string of the molecule is Cc1ccc(-c2ccc(Oc3cc(C(=O)NC4CCN(C5CCCCC5C)CC4)c(F)cc3CN3C[C@@H](C)CC3=O)cc2)nn1. The van der Waals surface area contributed by atoms with Gasteiger partial charge in [-0.15, -0.1) is 0 Å². The molecule has 238 valence electrons. The van der Waals surface area contributed by atoms with Gasteiger partial charge in [0.1, 0.15) is 17.3 Å². The Kier molecular flexibility index (Phi) is 9.45. The number of carbonyl (C=O) groups is 2. The lowest BCUT2D eigenvalue weighted by atomic mass is 9.84. The summed E-state index contributed by atoms with van der Waals surface area (Å²) in [6.45, 7) is 8.99. The van der Waals surface area contributed by atoms with Crippen molar-refractivity contribution in [2.45, 2.75) is 84.3 Å². The third-order valence-electron chi connectivity index (χ3n) is 9.74. The molecule has 2 aliphatic heterocycles. The predicted molar refractivity (Wildman–Crippen MR) is 171 cm³/mol. The Hall–Kier alpha value is -3.85. The number of nitrogens with one attached hydrogen (secondary N) is 1. The molecule has 1 aliphatic carbocycles. The number of likely N-dealkylation sites (tertiary alicyclic amines) is 2. The van der Waals surface area contributed by atoms with E-state index >= 15 is 4.39 Å². The van der Waals surface area contributed by atoms with Crippen molar-refractivity contribution >= 4 is 11.8 Å². The molecule has 3 heterocycles. The van der Waals surface area contributed by atoms with E-state index < -0.39 is 11.7 Å². The van der Waals surface area contributed by atoms with Crippen LogP contribution in [0.15, 0.2) is 48.5 Å². The molecule has 6 rings (SSSR count). The lowest BCUT2D eigenvalue weighted by Gasteiger charge is -2.42. The van der Waals surface area contributed by atoms with Gasteiger partial charge < -0.3 is 15.0 Å². The highest BCUT2D eigenvalue weighted by Crippen LogP contribution is 2.33. The molecule has 0 spiro atoms. The summed E-state index contributed by atoms with van der Waals surface area (Å²) >= 11 is 0. The number of amides is 2. The molecular weight excluding hydrogens is 569 g/mol. The minimum Gasteiger partial charge on any atom is -0.457 e. The topological polar surface area (TPSA) is 87.7 Å². The van der Waals surface area contributed by atoms with Gasteiger partial charge in [-0.05, 0) is 93.0 Å². The number of aromatic nitrogens is 2. The van der Waals surface area contributed by atoms with Crippen LogP contribution in [-0.4, -0.2) is 63.5 Å². The molecule has 1 N–H and O–H groups in total. The number of hydrogen-bond acceptors (Lipinski definition) is 6. The number of hydrogen-bond donors (Lipinski definition) is 1. The van der Waals surface area contributed by atoms with Crippen LogP contribution in [0.1, 0.15) is 80.4 Å². The summed E-state index contributed by atoms with van der Waals surface area (Å²) in [5.41, 5.74) is 2.94. The molecule has 3 aliphatic rings. The molecule has 2 saturated heterocycles. The van der Waals surface area contributed by atoms with Crippen LogP contribution in [0.5, 0.6) is 11.5 Å². The molecule has 3 aromatic rings. The van der Waals surface area contributed by atoms with Crippen molar-refractivity contribution in [3.05, 3.63) is 71.2 Å². The largest absolute Gasteiger partial charge is 0.457 e. The van der Waals surface area contributed by atoms with E-state index in [1.165, 1.54) is 37.8 Å². The summed E-state index contributed by atoms with van der Waals surface area (Å²) in [5, 5.41) is 11.5. The van der Waals surface area contributed by atoms with Crippen molar-refractivity contribution < 1.29 is 18.7 Å². The molecule has 0 bridgehead atoms. The second-order valence-corrected chi connectivity index (χ2v) is 13.3. The van der Waals surface area contributed by atoms with Crippen LogP contribution in [0, 0.1) is 24.6 Å². The van der Waals surface area contributed by atoms with Gasteiger partial charge in [-0.1, -0.05) is 26.7 Å². The van der Waals surface area contributed by atoms with Crippen molar-refractivity contribution in [2.75, 3.05) is 19.6 Å². The van der Waals surface area contributed by atoms with Crippen molar-refractivity contribution in [3.63, 3.8) is 0 Å². The van der Waals surface area contributed by atoms with E-state index in [-0.39, 0.29) is 30.0 Å². The quantitative estimate of drug-likeness (QED) is 0.311. The summed E-state index contributed by atoms with van der Waals surface area (Å²) in [4.78, 5) is 30.4. The minimum absolute atomic E-state index is 0.00258. The van der Waals surface area contributed by atoms with E-state index in [2.05, 4.69) is 27.3 Å². The smallest absolute Gasteiger partial charge is 0.254 e. The zero-order valence-corrected chi connectivity index (χ0v) is 26.6. The van der Waals surface area contributed by atoms with E-state index in [1.54, 1.807) is 4.90 Å². The molecule has 2 unspecified atom stereocenters. The molecule has 2 aromatic carbocycles. The van der Waals surface area contributed by atoms with Crippen LogP contribution < -0.4 is 10.1 Å². The first-order chi connectivity index (χ1) is 21.7. The first-order valence-corrected chi connectivity index (χ1v) is 16.5. The fourth-order valence-electron chi connectivity index (χ4n) is 7.17. The zero-order valence-electron chi connectivity index (χ0n) is 26.6. The van der Waals surface area contributed by atoms with Crippen molar-refractivity contribution in [1.82, 2.24) is 25.3 Å². The molecule has 3 fully saturated rings. The fraction of sp³-hybridized carbons (Fsp3) is 0.500. The van der Waals surface area contributed by atoms with Crippen LogP contribution >= 0.6 is 0 Å². The van der Waals surface area contributed by atoms with E-state index in [9.17, 15) is 9.59 Å². The molecule has 9 heteroatoms. The molecule has 1 aromatic heterocycles. The van der Waals surface area contributed by atoms with Crippen molar-refractivity contribution in [3.8, 4) is 22.8 Å². The summed E-state index contributed by atoms with van der Waals surface area (Å²) in [6, 6.07) is 14.7. The van der Waals surface area contributed by atoms with Gasteiger partial charge in [0, 0.05) is 55.8 Å². The molecule has 3 atom stereocenters. The lowest BCUT2D eigenvalue weighted by molar-refractivity contribution is -0.128. The van der Waals surface area contributed by atoms with Crippen LogP contribution in [0.25, 0.3) is 11.3 Å². The minimum atomic E-state index is -0.615. The van der Waals surface area contributed by atoms with Gasteiger partial charge >= 0.3 is 0 Å². The van der Waals surface area contributed by atoms with Crippen molar-refractivity contribution in [1.29, 1.82) is 0 Å². The fourth-order valence-corrected chi connectivity index (χ4v) is 7.17. The van der Waals surface area contributed by atoms with Crippen LogP contribution in [-0.2, 0) is 11.3 Å². The number of nitrogens with zero attached hydrogens (tertiary/aromatic N) is 4. The van der Waals surface area contributed by atoms with Gasteiger partial charge in [-0.3, -0.25) is 14.5 Å². The third kappa shape index (κ3) is 7.35. The highest BCUT2D eigenvalue weighted by molar-refractivity contribution is 5.95. The maximum Gasteiger partial charge on any atom is 0.254 e. The number of rotatable bonds is 8. The molecule has 2 amide bonds. The Morgan fingerprint density at radius 2 is 1.76 bits per heavy atom. The number of carbonyl (C=O) groups excluding carboxylic acids is 2. The van der Waals surface area contributed by atoms with E-state index in [1.807, 2.05) is 50.2 Å². The average molecular weight is 614 g/mol. The van der Waals surface area contributed by atoms with Gasteiger partial charge in [0.15, 0.2) is 0 Å². The molecular formula is C36H44FN5O3. The van der Waals surface area contributed by atoms with Crippen LogP contribution in [0.3, 0.4) is 0 Å². The Bertz CT molecular complexity index is 1500. The number of halogens is 1. The lowest BCUT2D eigenvalue weighted by Crippen LogP contribution is -2.50. The zero-order chi connectivity index (χ0) is 31.5. The number of ether oxygens (including phenoxy) is 1. The molecule has 1 saturated carbocycles.